The van der Waals surface area contributed by atoms with E-state index in [0.29, 0.717) is 0 Å². The minimum Gasteiger partial charge on any atom is -0.306 e. The first-order valence-electron chi connectivity index (χ1n) is 7.18. The first-order valence-corrected chi connectivity index (χ1v) is 7.97. The van der Waals surface area contributed by atoms with E-state index >= 15 is 0 Å². The van der Waals surface area contributed by atoms with E-state index in [2.05, 4.69) is 84.5 Å². The summed E-state index contributed by atoms with van der Waals surface area (Å²) in [6.07, 6.45) is 1.13. The topological polar surface area (TPSA) is 12.0 Å². The van der Waals surface area contributed by atoms with Crippen molar-refractivity contribution in [3.63, 3.8) is 0 Å². The Morgan fingerprint density at radius 1 is 1.05 bits per heavy atom. The Labute approximate surface area is 130 Å². The molecule has 0 saturated carbocycles. The summed E-state index contributed by atoms with van der Waals surface area (Å²) in [5, 5.41) is 3.67. The molecular formula is C18H22BrN. The van der Waals surface area contributed by atoms with E-state index in [0.717, 1.165) is 13.0 Å². The highest BCUT2D eigenvalue weighted by Crippen LogP contribution is 2.29. The van der Waals surface area contributed by atoms with E-state index < -0.39 is 0 Å². The van der Waals surface area contributed by atoms with Crippen LogP contribution < -0.4 is 5.32 Å². The quantitative estimate of drug-likeness (QED) is 0.798. The van der Waals surface area contributed by atoms with Gasteiger partial charge in [-0.1, -0.05) is 64.8 Å². The molecule has 1 atom stereocenters. The Morgan fingerprint density at radius 2 is 1.75 bits per heavy atom. The number of nitrogens with one attached hydrogen (secondary N) is 1. The smallest absolute Gasteiger partial charge is 0.0579 e. The molecule has 2 rings (SSSR count). The first-order chi connectivity index (χ1) is 9.63. The van der Waals surface area contributed by atoms with Gasteiger partial charge in [-0.25, -0.2) is 0 Å². The van der Waals surface area contributed by atoms with Crippen molar-refractivity contribution in [2.75, 3.05) is 6.54 Å². The predicted octanol–water partition coefficient (Wildman–Crippen LogP) is 5.15. The largest absolute Gasteiger partial charge is 0.306 e. The van der Waals surface area contributed by atoms with E-state index in [1.807, 2.05) is 0 Å². The van der Waals surface area contributed by atoms with E-state index in [1.54, 1.807) is 0 Å². The van der Waals surface area contributed by atoms with Crippen LogP contribution in [0.4, 0.5) is 0 Å². The predicted molar refractivity (Wildman–Crippen MR) is 90.2 cm³/mol. The molecule has 0 heterocycles. The monoisotopic (exact) mass is 331 g/mol. The molecule has 1 N–H and O–H groups in total. The summed E-state index contributed by atoms with van der Waals surface area (Å²) in [4.78, 5) is 0. The Hall–Kier alpha value is -1.12. The zero-order valence-corrected chi connectivity index (χ0v) is 14.0. The number of hydrogen-bond donors (Lipinski definition) is 1. The fraction of sp³-hybridized carbons (Fsp3) is 0.333. The van der Waals surface area contributed by atoms with E-state index in [-0.39, 0.29) is 6.04 Å². The second kappa shape index (κ2) is 7.05. The second-order valence-electron chi connectivity index (χ2n) is 5.25. The Morgan fingerprint density at radius 3 is 2.40 bits per heavy atom. The van der Waals surface area contributed by atoms with Crippen LogP contribution in [0, 0.1) is 13.8 Å². The van der Waals surface area contributed by atoms with Gasteiger partial charge in [-0.2, -0.15) is 0 Å². The number of halogens is 1. The van der Waals surface area contributed by atoms with Gasteiger partial charge < -0.3 is 5.32 Å². The summed E-state index contributed by atoms with van der Waals surface area (Å²) in [6, 6.07) is 15.5. The van der Waals surface area contributed by atoms with Gasteiger partial charge in [0.15, 0.2) is 0 Å². The zero-order valence-electron chi connectivity index (χ0n) is 12.4. The maximum absolute atomic E-state index is 3.67. The fourth-order valence-corrected chi connectivity index (χ4v) is 2.77. The molecule has 0 aliphatic heterocycles. The number of hydrogen-bond acceptors (Lipinski definition) is 1. The third-order valence-electron chi connectivity index (χ3n) is 3.63. The van der Waals surface area contributed by atoms with Gasteiger partial charge in [0.05, 0.1) is 6.04 Å². The molecule has 0 radical (unpaired) electrons. The lowest BCUT2D eigenvalue weighted by Crippen LogP contribution is -2.24. The molecule has 0 aromatic heterocycles. The van der Waals surface area contributed by atoms with Crippen molar-refractivity contribution < 1.29 is 0 Å². The Bertz CT molecular complexity index is 560. The molecular weight excluding hydrogens is 310 g/mol. The SMILES string of the molecule is CCCNC(c1ccc(C)cc1)c1cccc(Br)c1C. The van der Waals surface area contributed by atoms with Crippen molar-refractivity contribution >= 4 is 15.9 Å². The van der Waals surface area contributed by atoms with E-state index in [1.165, 1.54) is 26.7 Å². The summed E-state index contributed by atoms with van der Waals surface area (Å²) in [5.41, 5.74) is 5.28. The minimum absolute atomic E-state index is 0.257. The molecule has 2 aromatic carbocycles. The lowest BCUT2D eigenvalue weighted by molar-refractivity contribution is 0.596. The molecule has 106 valence electrons. The molecule has 0 bridgehead atoms. The summed E-state index contributed by atoms with van der Waals surface area (Å²) in [7, 11) is 0. The number of benzene rings is 2. The van der Waals surface area contributed by atoms with Gasteiger partial charge in [-0.15, -0.1) is 0 Å². The van der Waals surface area contributed by atoms with Crippen LogP contribution in [0.5, 0.6) is 0 Å². The van der Waals surface area contributed by atoms with Crippen LogP contribution in [0.1, 0.15) is 41.6 Å². The van der Waals surface area contributed by atoms with Crippen LogP contribution in [0.15, 0.2) is 46.9 Å². The molecule has 1 unspecified atom stereocenters. The standard InChI is InChI=1S/C18H22BrN/c1-4-12-20-18(15-10-8-13(2)9-11-15)16-6-5-7-17(19)14(16)3/h5-11,18,20H,4,12H2,1-3H3. The highest BCUT2D eigenvalue weighted by atomic mass is 79.9. The number of aryl methyl sites for hydroxylation is 1. The van der Waals surface area contributed by atoms with Gasteiger partial charge >= 0.3 is 0 Å². The average molecular weight is 332 g/mol. The van der Waals surface area contributed by atoms with Crippen LogP contribution in [0.2, 0.25) is 0 Å². The maximum Gasteiger partial charge on any atom is 0.0579 e. The summed E-state index contributed by atoms with van der Waals surface area (Å²) < 4.78 is 1.17. The Kier molecular flexibility index (Phi) is 5.38. The highest BCUT2D eigenvalue weighted by Gasteiger charge is 2.16. The van der Waals surface area contributed by atoms with Crippen LogP contribution >= 0.6 is 15.9 Å². The highest BCUT2D eigenvalue weighted by molar-refractivity contribution is 9.10. The van der Waals surface area contributed by atoms with Gasteiger partial charge in [0.1, 0.15) is 0 Å². The van der Waals surface area contributed by atoms with Crippen LogP contribution in [-0.4, -0.2) is 6.54 Å². The zero-order chi connectivity index (χ0) is 14.5. The van der Waals surface area contributed by atoms with Crippen molar-refractivity contribution in [3.8, 4) is 0 Å². The molecule has 2 heteroatoms. The van der Waals surface area contributed by atoms with Crippen LogP contribution in [0.3, 0.4) is 0 Å². The fourth-order valence-electron chi connectivity index (χ4n) is 2.39. The molecule has 0 amide bonds. The van der Waals surface area contributed by atoms with E-state index in [9.17, 15) is 0 Å². The van der Waals surface area contributed by atoms with Gasteiger partial charge in [0.25, 0.3) is 0 Å². The molecule has 0 fully saturated rings. The second-order valence-corrected chi connectivity index (χ2v) is 6.11. The lowest BCUT2D eigenvalue weighted by atomic mass is 9.94. The van der Waals surface area contributed by atoms with Gasteiger partial charge in [0, 0.05) is 4.47 Å². The van der Waals surface area contributed by atoms with Gasteiger partial charge in [0.2, 0.25) is 0 Å². The number of rotatable bonds is 5. The third-order valence-corrected chi connectivity index (χ3v) is 4.49. The Balaban J connectivity index is 2.41. The molecule has 0 spiro atoms. The van der Waals surface area contributed by atoms with Crippen molar-refractivity contribution in [3.05, 3.63) is 69.2 Å². The summed E-state index contributed by atoms with van der Waals surface area (Å²) >= 11 is 3.64. The van der Waals surface area contributed by atoms with Crippen molar-refractivity contribution in [1.29, 1.82) is 0 Å². The maximum atomic E-state index is 3.67. The van der Waals surface area contributed by atoms with Gasteiger partial charge in [-0.3, -0.25) is 0 Å². The normalized spacial score (nSPS) is 12.4. The van der Waals surface area contributed by atoms with Crippen LogP contribution in [-0.2, 0) is 0 Å². The van der Waals surface area contributed by atoms with E-state index in [4.69, 9.17) is 0 Å². The average Bonchev–Trinajstić information content (AvgIpc) is 2.45. The molecule has 0 aliphatic carbocycles. The third kappa shape index (κ3) is 3.50. The van der Waals surface area contributed by atoms with Crippen molar-refractivity contribution in [1.82, 2.24) is 5.32 Å². The first kappa shape index (κ1) is 15.3. The van der Waals surface area contributed by atoms with Crippen molar-refractivity contribution in [2.45, 2.75) is 33.2 Å². The van der Waals surface area contributed by atoms with Gasteiger partial charge in [-0.05, 0) is 49.6 Å². The minimum atomic E-state index is 0.257. The molecule has 0 aliphatic rings. The lowest BCUT2D eigenvalue weighted by Gasteiger charge is -2.22. The van der Waals surface area contributed by atoms with Crippen LogP contribution in [0.25, 0.3) is 0 Å². The molecule has 0 saturated heterocycles. The molecule has 2 aromatic rings. The summed E-state index contributed by atoms with van der Waals surface area (Å²) in [6.45, 7) is 7.52. The molecule has 1 nitrogen and oxygen atoms in total. The molecule has 20 heavy (non-hydrogen) atoms. The summed E-state index contributed by atoms with van der Waals surface area (Å²) in [5.74, 6) is 0. The van der Waals surface area contributed by atoms with Crippen molar-refractivity contribution in [2.24, 2.45) is 0 Å².